The number of carboxylic acids is 1. The molecule has 0 unspecified atom stereocenters. The second-order valence-corrected chi connectivity index (χ2v) is 3.55. The van der Waals surface area contributed by atoms with E-state index in [2.05, 4.69) is 5.32 Å². The lowest BCUT2D eigenvalue weighted by atomic mass is 10.1. The van der Waals surface area contributed by atoms with Crippen LogP contribution in [0, 0.1) is 15.9 Å². The molecule has 1 aromatic rings. The van der Waals surface area contributed by atoms with Crippen LogP contribution in [-0.2, 0) is 4.79 Å². The van der Waals surface area contributed by atoms with E-state index in [0.29, 0.717) is 6.07 Å². The van der Waals surface area contributed by atoms with Gasteiger partial charge in [0.15, 0.2) is 0 Å². The summed E-state index contributed by atoms with van der Waals surface area (Å²) < 4.78 is 13.3. The Balaban J connectivity index is 3.10. The standard InChI is InChI=1S/C10H10FN3O5/c11-6-4-8(14(18)19)7(3-5(6)10(16)17)13-2-1-9(12)15/h3-4,13H,1-2H2,(H2,12,15)(H,16,17). The molecule has 0 heterocycles. The average Bonchev–Trinajstić information content (AvgIpc) is 2.29. The van der Waals surface area contributed by atoms with Gasteiger partial charge in [0.25, 0.3) is 5.69 Å². The van der Waals surface area contributed by atoms with Crippen molar-refractivity contribution in [3.63, 3.8) is 0 Å². The quantitative estimate of drug-likeness (QED) is 0.515. The molecule has 19 heavy (non-hydrogen) atoms. The number of halogens is 1. The van der Waals surface area contributed by atoms with Gasteiger partial charge >= 0.3 is 5.97 Å². The van der Waals surface area contributed by atoms with Gasteiger partial charge in [-0.2, -0.15) is 0 Å². The fourth-order valence-electron chi connectivity index (χ4n) is 1.34. The van der Waals surface area contributed by atoms with Crippen molar-refractivity contribution < 1.29 is 24.0 Å². The number of nitro groups is 1. The Morgan fingerprint density at radius 1 is 1.47 bits per heavy atom. The molecular formula is C10H10FN3O5. The highest BCUT2D eigenvalue weighted by atomic mass is 19.1. The Morgan fingerprint density at radius 2 is 2.11 bits per heavy atom. The minimum absolute atomic E-state index is 0.0269. The van der Waals surface area contributed by atoms with E-state index in [4.69, 9.17) is 10.8 Å². The molecule has 4 N–H and O–H groups in total. The van der Waals surface area contributed by atoms with Gasteiger partial charge in [0.05, 0.1) is 16.6 Å². The summed E-state index contributed by atoms with van der Waals surface area (Å²) in [6.07, 6.45) is -0.100. The number of rotatable bonds is 6. The normalized spacial score (nSPS) is 9.95. The van der Waals surface area contributed by atoms with Crippen LogP contribution in [0.2, 0.25) is 0 Å². The third-order valence-corrected chi connectivity index (χ3v) is 2.20. The average molecular weight is 271 g/mol. The summed E-state index contributed by atoms with van der Waals surface area (Å²) in [5.41, 5.74) is 3.38. The fourth-order valence-corrected chi connectivity index (χ4v) is 1.34. The van der Waals surface area contributed by atoms with Crippen LogP contribution in [0.1, 0.15) is 16.8 Å². The van der Waals surface area contributed by atoms with Gasteiger partial charge in [0.1, 0.15) is 11.5 Å². The van der Waals surface area contributed by atoms with Crippen LogP contribution in [0.15, 0.2) is 12.1 Å². The van der Waals surface area contributed by atoms with Crippen LogP contribution in [0.3, 0.4) is 0 Å². The van der Waals surface area contributed by atoms with Crippen molar-refractivity contribution in [3.8, 4) is 0 Å². The first-order valence-electron chi connectivity index (χ1n) is 5.06. The number of nitrogens with zero attached hydrogens (tertiary/aromatic N) is 1. The molecule has 0 bridgehead atoms. The molecule has 0 saturated carbocycles. The highest BCUT2D eigenvalue weighted by molar-refractivity contribution is 5.90. The Hall–Kier alpha value is -2.71. The second-order valence-electron chi connectivity index (χ2n) is 3.55. The number of hydrogen-bond donors (Lipinski definition) is 3. The summed E-state index contributed by atoms with van der Waals surface area (Å²) >= 11 is 0. The highest BCUT2D eigenvalue weighted by Crippen LogP contribution is 2.27. The first-order chi connectivity index (χ1) is 8.82. The highest BCUT2D eigenvalue weighted by Gasteiger charge is 2.21. The Morgan fingerprint density at radius 3 is 2.58 bits per heavy atom. The molecular weight excluding hydrogens is 261 g/mol. The van der Waals surface area contributed by atoms with Crippen LogP contribution < -0.4 is 11.1 Å². The van der Waals surface area contributed by atoms with Gasteiger partial charge < -0.3 is 16.2 Å². The van der Waals surface area contributed by atoms with E-state index < -0.39 is 33.9 Å². The molecule has 9 heteroatoms. The molecule has 0 aromatic heterocycles. The van der Waals surface area contributed by atoms with E-state index in [1.54, 1.807) is 0 Å². The number of nitrogens with two attached hydrogens (primary N) is 1. The molecule has 0 radical (unpaired) electrons. The number of benzene rings is 1. The zero-order valence-corrected chi connectivity index (χ0v) is 9.55. The number of carboxylic acid groups (broad SMARTS) is 1. The minimum Gasteiger partial charge on any atom is -0.478 e. The van der Waals surface area contributed by atoms with E-state index in [1.807, 2.05) is 0 Å². The maximum absolute atomic E-state index is 13.3. The number of carbonyl (C=O) groups excluding carboxylic acids is 1. The Labute approximate surface area is 106 Å². The van der Waals surface area contributed by atoms with E-state index in [-0.39, 0.29) is 18.7 Å². The SMILES string of the molecule is NC(=O)CCNc1cc(C(=O)O)c(F)cc1[N+](=O)[O-]. The molecule has 1 amide bonds. The first kappa shape index (κ1) is 14.4. The predicted molar refractivity (Wildman–Crippen MR) is 62.3 cm³/mol. The van der Waals surface area contributed by atoms with Gasteiger partial charge in [-0.1, -0.05) is 0 Å². The summed E-state index contributed by atoms with van der Waals surface area (Å²) in [7, 11) is 0. The molecule has 1 rings (SSSR count). The smallest absolute Gasteiger partial charge is 0.338 e. The van der Waals surface area contributed by atoms with Crippen LogP contribution in [0.4, 0.5) is 15.8 Å². The summed E-state index contributed by atoms with van der Waals surface area (Å²) in [5, 5.41) is 21.9. The zero-order valence-electron chi connectivity index (χ0n) is 9.55. The molecule has 8 nitrogen and oxygen atoms in total. The van der Waals surface area contributed by atoms with Gasteiger partial charge in [0.2, 0.25) is 5.91 Å². The number of hydrogen-bond acceptors (Lipinski definition) is 5. The molecule has 0 atom stereocenters. The molecule has 0 saturated heterocycles. The van der Waals surface area contributed by atoms with Gasteiger partial charge in [-0.05, 0) is 6.07 Å². The number of amides is 1. The van der Waals surface area contributed by atoms with E-state index in [1.165, 1.54) is 0 Å². The number of aromatic carboxylic acids is 1. The van der Waals surface area contributed by atoms with Crippen molar-refractivity contribution in [1.29, 1.82) is 0 Å². The van der Waals surface area contributed by atoms with Gasteiger partial charge in [-0.15, -0.1) is 0 Å². The third-order valence-electron chi connectivity index (χ3n) is 2.20. The molecule has 0 aliphatic rings. The van der Waals surface area contributed by atoms with Crippen LogP contribution in [0.25, 0.3) is 0 Å². The number of anilines is 1. The van der Waals surface area contributed by atoms with Crippen molar-refractivity contribution in [3.05, 3.63) is 33.6 Å². The van der Waals surface area contributed by atoms with Gasteiger partial charge in [-0.25, -0.2) is 9.18 Å². The molecule has 0 aliphatic carbocycles. The summed E-state index contributed by atoms with van der Waals surface area (Å²) in [6.45, 7) is -0.0269. The monoisotopic (exact) mass is 271 g/mol. The van der Waals surface area contributed by atoms with Crippen LogP contribution in [-0.4, -0.2) is 28.5 Å². The zero-order chi connectivity index (χ0) is 14.6. The van der Waals surface area contributed by atoms with Crippen LogP contribution in [0.5, 0.6) is 0 Å². The summed E-state index contributed by atoms with van der Waals surface area (Å²) in [4.78, 5) is 31.1. The Bertz CT molecular complexity index is 546. The molecule has 0 spiro atoms. The first-order valence-corrected chi connectivity index (χ1v) is 5.06. The Kier molecular flexibility index (Phi) is 4.35. The van der Waals surface area contributed by atoms with Crippen LogP contribution >= 0.6 is 0 Å². The van der Waals surface area contributed by atoms with Crippen molar-refractivity contribution >= 4 is 23.3 Å². The van der Waals surface area contributed by atoms with Gasteiger partial charge in [0, 0.05) is 13.0 Å². The predicted octanol–water partition coefficient (Wildman–Crippen LogP) is 0.719. The number of carbonyl (C=O) groups is 2. The fraction of sp³-hybridized carbons (Fsp3) is 0.200. The maximum atomic E-state index is 13.3. The lowest BCUT2D eigenvalue weighted by molar-refractivity contribution is -0.384. The third kappa shape index (κ3) is 3.63. The molecule has 1 aromatic carbocycles. The number of nitro benzene ring substituents is 1. The number of primary amides is 1. The van der Waals surface area contributed by atoms with Gasteiger partial charge in [-0.3, -0.25) is 14.9 Å². The van der Waals surface area contributed by atoms with Crippen molar-refractivity contribution in [1.82, 2.24) is 0 Å². The summed E-state index contributed by atoms with van der Waals surface area (Å²) in [5.74, 6) is -3.39. The molecule has 0 aliphatic heterocycles. The summed E-state index contributed by atoms with van der Waals surface area (Å²) in [6, 6.07) is 1.31. The lowest BCUT2D eigenvalue weighted by Gasteiger charge is -2.07. The van der Waals surface area contributed by atoms with Crippen molar-refractivity contribution in [2.24, 2.45) is 5.73 Å². The lowest BCUT2D eigenvalue weighted by Crippen LogP contribution is -2.16. The largest absolute Gasteiger partial charge is 0.478 e. The van der Waals surface area contributed by atoms with E-state index in [9.17, 15) is 24.1 Å². The maximum Gasteiger partial charge on any atom is 0.338 e. The minimum atomic E-state index is -1.55. The molecule has 0 fully saturated rings. The van der Waals surface area contributed by atoms with Crippen molar-refractivity contribution in [2.75, 3.05) is 11.9 Å². The topological polar surface area (TPSA) is 136 Å². The number of nitrogens with one attached hydrogen (secondary N) is 1. The van der Waals surface area contributed by atoms with E-state index in [0.717, 1.165) is 6.07 Å². The second kappa shape index (κ2) is 5.76. The van der Waals surface area contributed by atoms with Crippen molar-refractivity contribution in [2.45, 2.75) is 6.42 Å². The molecule has 102 valence electrons. The van der Waals surface area contributed by atoms with E-state index >= 15 is 0 Å².